The molecule has 5 rings (SSSR count). The largest absolute Gasteiger partial charge is 0.486 e. The highest BCUT2D eigenvalue weighted by Gasteiger charge is 2.16. The Balaban J connectivity index is 1.32. The van der Waals surface area contributed by atoms with Gasteiger partial charge in [-0.05, 0) is 17.7 Å². The van der Waals surface area contributed by atoms with Gasteiger partial charge in [-0.25, -0.2) is 14.6 Å². The van der Waals surface area contributed by atoms with Crippen LogP contribution in [0.4, 0.5) is 5.13 Å². The van der Waals surface area contributed by atoms with Crippen molar-refractivity contribution in [3.05, 3.63) is 60.2 Å². The molecule has 4 aromatic rings. The number of rotatable bonds is 4. The lowest BCUT2D eigenvalue weighted by Gasteiger charge is -2.17. The van der Waals surface area contributed by atoms with Gasteiger partial charge in [-0.15, -0.1) is 0 Å². The highest BCUT2D eigenvalue weighted by atomic mass is 32.1. The molecule has 2 aromatic carbocycles. The topological polar surface area (TPSA) is 91.2 Å². The van der Waals surface area contributed by atoms with E-state index in [1.807, 2.05) is 24.3 Å². The molecule has 0 spiro atoms. The average molecular weight is 393 g/mol. The maximum absolute atomic E-state index is 12.6. The second-order valence-corrected chi connectivity index (χ2v) is 7.26. The van der Waals surface area contributed by atoms with Crippen LogP contribution in [0.2, 0.25) is 0 Å². The summed E-state index contributed by atoms with van der Waals surface area (Å²) in [6, 6.07) is 11.1. The Bertz CT molecular complexity index is 1100. The molecule has 1 amide bonds. The van der Waals surface area contributed by atoms with Crippen molar-refractivity contribution in [3.63, 3.8) is 0 Å². The van der Waals surface area contributed by atoms with Crippen LogP contribution in [0.5, 0.6) is 11.5 Å². The zero-order chi connectivity index (χ0) is 18.9. The number of thiazole rings is 1. The Morgan fingerprint density at radius 2 is 1.93 bits per heavy atom. The van der Waals surface area contributed by atoms with Crippen LogP contribution >= 0.6 is 11.3 Å². The molecule has 0 aliphatic carbocycles. The fraction of sp³-hybridized carbons (Fsp3) is 0.158. The number of nitrogens with zero attached hydrogens (tertiary/aromatic N) is 4. The van der Waals surface area contributed by atoms with E-state index in [4.69, 9.17) is 9.47 Å². The van der Waals surface area contributed by atoms with E-state index in [0.29, 0.717) is 42.0 Å². The molecule has 0 saturated carbocycles. The van der Waals surface area contributed by atoms with Crippen molar-refractivity contribution in [2.24, 2.45) is 0 Å². The number of carbonyl (C=O) groups excluding carboxylic acids is 1. The molecule has 0 atom stereocenters. The van der Waals surface area contributed by atoms with E-state index < -0.39 is 0 Å². The van der Waals surface area contributed by atoms with Crippen molar-refractivity contribution in [2.45, 2.75) is 6.54 Å². The van der Waals surface area contributed by atoms with Crippen LogP contribution in [0.15, 0.2) is 49.1 Å². The van der Waals surface area contributed by atoms with E-state index in [1.165, 1.54) is 17.7 Å². The van der Waals surface area contributed by atoms with Crippen molar-refractivity contribution in [1.29, 1.82) is 0 Å². The summed E-state index contributed by atoms with van der Waals surface area (Å²) < 4.78 is 13.8. The predicted octanol–water partition coefficient (Wildman–Crippen LogP) is 2.96. The van der Waals surface area contributed by atoms with Crippen molar-refractivity contribution in [1.82, 2.24) is 19.7 Å². The quantitative estimate of drug-likeness (QED) is 0.573. The third kappa shape index (κ3) is 3.27. The van der Waals surface area contributed by atoms with Gasteiger partial charge in [0.05, 0.1) is 16.8 Å². The second-order valence-electron chi connectivity index (χ2n) is 6.23. The van der Waals surface area contributed by atoms with E-state index in [9.17, 15) is 4.79 Å². The van der Waals surface area contributed by atoms with Gasteiger partial charge in [-0.1, -0.05) is 23.5 Å². The molecule has 0 fully saturated rings. The molecule has 0 unspecified atom stereocenters. The number of anilines is 1. The SMILES string of the molecule is O=C(Nc1nc2cc3c(cc2s1)OCCO3)c1ccc(Cn2cncn2)cc1. The monoisotopic (exact) mass is 393 g/mol. The van der Waals surface area contributed by atoms with Crippen molar-refractivity contribution in [2.75, 3.05) is 18.5 Å². The van der Waals surface area contributed by atoms with Gasteiger partial charge in [-0.3, -0.25) is 10.1 Å². The molecule has 0 saturated heterocycles. The summed E-state index contributed by atoms with van der Waals surface area (Å²) in [5.41, 5.74) is 2.37. The molecule has 3 heterocycles. The smallest absolute Gasteiger partial charge is 0.257 e. The maximum atomic E-state index is 12.6. The summed E-state index contributed by atoms with van der Waals surface area (Å²) in [5, 5.41) is 7.47. The van der Waals surface area contributed by atoms with Crippen LogP contribution in [0.1, 0.15) is 15.9 Å². The van der Waals surface area contributed by atoms with Crippen molar-refractivity contribution < 1.29 is 14.3 Å². The summed E-state index contributed by atoms with van der Waals surface area (Å²) in [7, 11) is 0. The summed E-state index contributed by atoms with van der Waals surface area (Å²) in [6.07, 6.45) is 3.15. The third-order valence-electron chi connectivity index (χ3n) is 4.30. The van der Waals surface area contributed by atoms with Gasteiger partial charge in [0, 0.05) is 17.7 Å². The lowest BCUT2D eigenvalue weighted by Crippen LogP contribution is -2.15. The molecule has 1 aliphatic heterocycles. The molecule has 9 heteroatoms. The summed E-state index contributed by atoms with van der Waals surface area (Å²) >= 11 is 1.40. The van der Waals surface area contributed by atoms with Gasteiger partial charge in [-0.2, -0.15) is 5.10 Å². The van der Waals surface area contributed by atoms with Crippen LogP contribution in [0.3, 0.4) is 0 Å². The molecule has 8 nitrogen and oxygen atoms in total. The fourth-order valence-electron chi connectivity index (χ4n) is 2.95. The van der Waals surface area contributed by atoms with Gasteiger partial charge >= 0.3 is 0 Å². The first kappa shape index (κ1) is 16.7. The van der Waals surface area contributed by atoms with Crippen LogP contribution in [0, 0.1) is 0 Å². The van der Waals surface area contributed by atoms with Crippen LogP contribution < -0.4 is 14.8 Å². The second kappa shape index (κ2) is 6.93. The number of fused-ring (bicyclic) bond motifs is 2. The third-order valence-corrected chi connectivity index (χ3v) is 5.23. The number of carbonyl (C=O) groups is 1. The van der Waals surface area contributed by atoms with E-state index >= 15 is 0 Å². The minimum atomic E-state index is -0.205. The fourth-order valence-corrected chi connectivity index (χ4v) is 3.82. The average Bonchev–Trinajstić information content (AvgIpc) is 3.35. The van der Waals surface area contributed by atoms with Gasteiger partial charge in [0.2, 0.25) is 0 Å². The van der Waals surface area contributed by atoms with Crippen LogP contribution in [-0.4, -0.2) is 38.9 Å². The van der Waals surface area contributed by atoms with Crippen molar-refractivity contribution >= 4 is 32.6 Å². The molecule has 1 N–H and O–H groups in total. The molecule has 0 radical (unpaired) electrons. The lowest BCUT2D eigenvalue weighted by molar-refractivity contribution is 0.102. The number of hydrogen-bond acceptors (Lipinski definition) is 7. The molecular formula is C19H15N5O3S. The zero-order valence-corrected chi connectivity index (χ0v) is 15.5. The first-order chi connectivity index (χ1) is 13.7. The van der Waals surface area contributed by atoms with Crippen molar-refractivity contribution in [3.8, 4) is 11.5 Å². The first-order valence-electron chi connectivity index (χ1n) is 8.67. The van der Waals surface area contributed by atoms with Gasteiger partial charge in [0.1, 0.15) is 25.9 Å². The van der Waals surface area contributed by atoms with Crippen LogP contribution in [-0.2, 0) is 6.54 Å². The first-order valence-corrected chi connectivity index (χ1v) is 9.49. The minimum Gasteiger partial charge on any atom is -0.486 e. The summed E-state index contributed by atoms with van der Waals surface area (Å²) in [4.78, 5) is 21.0. The predicted molar refractivity (Wildman–Crippen MR) is 104 cm³/mol. The number of amides is 1. The number of benzene rings is 2. The Morgan fingerprint density at radius 1 is 1.14 bits per heavy atom. The van der Waals surface area contributed by atoms with Gasteiger partial charge in [0.15, 0.2) is 16.6 Å². The molecule has 0 bridgehead atoms. The standard InChI is InChI=1S/C19H15N5O3S/c25-18(13-3-1-12(2-4-13)9-24-11-20-10-21-24)23-19-22-14-7-15-16(8-17(14)28-19)27-6-5-26-15/h1-4,7-8,10-11H,5-6,9H2,(H,22,23,25). The molecule has 2 aromatic heterocycles. The molecule has 1 aliphatic rings. The normalized spacial score (nSPS) is 12.9. The number of hydrogen-bond donors (Lipinski definition) is 1. The van der Waals surface area contributed by atoms with Gasteiger partial charge < -0.3 is 9.47 Å². The highest BCUT2D eigenvalue weighted by molar-refractivity contribution is 7.22. The maximum Gasteiger partial charge on any atom is 0.257 e. The number of ether oxygens (including phenoxy) is 2. The van der Waals surface area contributed by atoms with E-state index in [0.717, 1.165) is 15.8 Å². The Labute approximate surface area is 163 Å². The lowest BCUT2D eigenvalue weighted by atomic mass is 10.1. The molecule has 140 valence electrons. The summed E-state index contributed by atoms with van der Waals surface area (Å²) in [6.45, 7) is 1.67. The highest BCUT2D eigenvalue weighted by Crippen LogP contribution is 2.37. The molecular weight excluding hydrogens is 378 g/mol. The van der Waals surface area contributed by atoms with Crippen LogP contribution in [0.25, 0.3) is 10.2 Å². The Morgan fingerprint density at radius 3 is 2.68 bits per heavy atom. The molecule has 28 heavy (non-hydrogen) atoms. The Kier molecular flexibility index (Phi) is 4.13. The number of nitrogens with one attached hydrogen (secondary N) is 1. The Hall–Kier alpha value is -3.46. The van der Waals surface area contributed by atoms with E-state index in [-0.39, 0.29) is 5.91 Å². The van der Waals surface area contributed by atoms with Gasteiger partial charge in [0.25, 0.3) is 5.91 Å². The van der Waals surface area contributed by atoms with E-state index in [2.05, 4.69) is 20.4 Å². The number of aromatic nitrogens is 4. The minimum absolute atomic E-state index is 0.205. The zero-order valence-electron chi connectivity index (χ0n) is 14.7. The summed E-state index contributed by atoms with van der Waals surface area (Å²) in [5.74, 6) is 1.19. The van der Waals surface area contributed by atoms with E-state index in [1.54, 1.807) is 23.1 Å².